The molecule has 1 N–H and O–H groups in total. The van der Waals surface area contributed by atoms with E-state index in [1.165, 1.54) is 19.4 Å². The fourth-order valence-electron chi connectivity index (χ4n) is 1.87. The van der Waals surface area contributed by atoms with Gasteiger partial charge in [-0.05, 0) is 19.2 Å². The minimum Gasteiger partial charge on any atom is -0.480 e. The van der Waals surface area contributed by atoms with Crippen molar-refractivity contribution in [1.82, 2.24) is 15.3 Å². The highest BCUT2D eigenvalue weighted by molar-refractivity contribution is 9.10. The van der Waals surface area contributed by atoms with E-state index in [1.807, 2.05) is 0 Å². The molecule has 1 atom stereocenters. The topological polar surface area (TPSA) is 47.0 Å². The molecular formula is C13H13BrFN3O. The predicted molar refractivity (Wildman–Crippen MR) is 73.6 cm³/mol. The van der Waals surface area contributed by atoms with E-state index in [-0.39, 0.29) is 5.82 Å². The summed E-state index contributed by atoms with van der Waals surface area (Å²) in [6.07, 6.45) is 3.09. The second-order valence-corrected chi connectivity index (χ2v) is 4.75. The van der Waals surface area contributed by atoms with Crippen molar-refractivity contribution in [2.75, 3.05) is 14.2 Å². The molecule has 1 unspecified atom stereocenters. The van der Waals surface area contributed by atoms with E-state index in [2.05, 4.69) is 31.2 Å². The number of nitrogens with one attached hydrogen (secondary N) is 1. The Balaban J connectivity index is 2.50. The highest BCUT2D eigenvalue weighted by Gasteiger charge is 2.21. The van der Waals surface area contributed by atoms with Gasteiger partial charge in [-0.25, -0.2) is 9.37 Å². The standard InChI is InChI=1S/C13H13BrFN3O/c1-16-11(9-4-3-8(14)7-10(9)15)12-13(19-2)18-6-5-17-12/h3-7,11,16H,1-2H3. The zero-order chi connectivity index (χ0) is 13.8. The van der Waals surface area contributed by atoms with Crippen molar-refractivity contribution in [3.05, 3.63) is 52.1 Å². The van der Waals surface area contributed by atoms with E-state index in [0.29, 0.717) is 21.6 Å². The van der Waals surface area contributed by atoms with Crippen LogP contribution in [0.1, 0.15) is 17.3 Å². The molecule has 1 heterocycles. The summed E-state index contributed by atoms with van der Waals surface area (Å²) in [5.74, 6) is 0.0607. The molecule has 0 amide bonds. The van der Waals surface area contributed by atoms with Crippen molar-refractivity contribution >= 4 is 15.9 Å². The van der Waals surface area contributed by atoms with Gasteiger partial charge in [-0.3, -0.25) is 4.98 Å². The summed E-state index contributed by atoms with van der Waals surface area (Å²) < 4.78 is 19.9. The molecule has 1 aromatic carbocycles. The number of ether oxygens (including phenoxy) is 1. The number of methoxy groups -OCH3 is 1. The SMILES string of the molecule is CNC(c1ccc(Br)cc1F)c1nccnc1OC. The van der Waals surface area contributed by atoms with Gasteiger partial charge in [0, 0.05) is 22.4 Å². The fraction of sp³-hybridized carbons (Fsp3) is 0.231. The third kappa shape index (κ3) is 2.90. The van der Waals surface area contributed by atoms with E-state index in [0.717, 1.165) is 0 Å². The third-order valence-electron chi connectivity index (χ3n) is 2.72. The Kier molecular flexibility index (Phi) is 4.44. The van der Waals surface area contributed by atoms with Crippen LogP contribution in [0.5, 0.6) is 5.88 Å². The van der Waals surface area contributed by atoms with Gasteiger partial charge in [0.1, 0.15) is 11.5 Å². The molecule has 6 heteroatoms. The number of benzene rings is 1. The van der Waals surface area contributed by atoms with Crippen molar-refractivity contribution in [3.63, 3.8) is 0 Å². The number of nitrogens with zero attached hydrogens (tertiary/aromatic N) is 2. The Morgan fingerprint density at radius 3 is 2.68 bits per heavy atom. The van der Waals surface area contributed by atoms with Gasteiger partial charge < -0.3 is 10.1 Å². The van der Waals surface area contributed by atoms with Crippen LogP contribution >= 0.6 is 15.9 Å². The molecule has 0 saturated carbocycles. The first-order valence-electron chi connectivity index (χ1n) is 5.64. The lowest BCUT2D eigenvalue weighted by molar-refractivity contribution is 0.383. The van der Waals surface area contributed by atoms with Gasteiger partial charge in [-0.2, -0.15) is 0 Å². The van der Waals surface area contributed by atoms with Crippen LogP contribution in [0.25, 0.3) is 0 Å². The maximum Gasteiger partial charge on any atom is 0.237 e. The summed E-state index contributed by atoms with van der Waals surface area (Å²) in [7, 11) is 3.25. The van der Waals surface area contributed by atoms with Crippen molar-refractivity contribution in [2.24, 2.45) is 0 Å². The molecule has 0 aliphatic heterocycles. The molecule has 0 aliphatic carbocycles. The van der Waals surface area contributed by atoms with Gasteiger partial charge in [0.05, 0.1) is 13.2 Å². The number of hydrogen-bond donors (Lipinski definition) is 1. The van der Waals surface area contributed by atoms with Crippen molar-refractivity contribution in [1.29, 1.82) is 0 Å². The first kappa shape index (κ1) is 13.9. The normalized spacial score (nSPS) is 12.2. The smallest absolute Gasteiger partial charge is 0.237 e. The van der Waals surface area contributed by atoms with Crippen LogP contribution < -0.4 is 10.1 Å². The van der Waals surface area contributed by atoms with E-state index in [1.54, 1.807) is 25.4 Å². The van der Waals surface area contributed by atoms with Crippen molar-refractivity contribution in [3.8, 4) is 5.88 Å². The average molecular weight is 326 g/mol. The molecule has 1 aromatic heterocycles. The summed E-state index contributed by atoms with van der Waals surface area (Å²) in [6, 6.07) is 4.49. The van der Waals surface area contributed by atoms with Gasteiger partial charge in [-0.1, -0.05) is 22.0 Å². The van der Waals surface area contributed by atoms with Gasteiger partial charge in [0.25, 0.3) is 0 Å². The van der Waals surface area contributed by atoms with Gasteiger partial charge in [0.15, 0.2) is 0 Å². The van der Waals surface area contributed by atoms with Gasteiger partial charge in [-0.15, -0.1) is 0 Å². The van der Waals surface area contributed by atoms with E-state index >= 15 is 0 Å². The van der Waals surface area contributed by atoms with E-state index in [9.17, 15) is 4.39 Å². The maximum atomic E-state index is 14.0. The molecule has 0 fully saturated rings. The Labute approximate surface area is 119 Å². The maximum absolute atomic E-state index is 14.0. The lowest BCUT2D eigenvalue weighted by Crippen LogP contribution is -2.21. The Morgan fingerprint density at radius 1 is 1.32 bits per heavy atom. The summed E-state index contributed by atoms with van der Waals surface area (Å²) in [6.45, 7) is 0. The molecule has 100 valence electrons. The molecule has 2 aromatic rings. The predicted octanol–water partition coefficient (Wildman–Crippen LogP) is 2.70. The monoisotopic (exact) mass is 325 g/mol. The molecule has 4 nitrogen and oxygen atoms in total. The van der Waals surface area contributed by atoms with Crippen LogP contribution in [0.15, 0.2) is 35.1 Å². The summed E-state index contributed by atoms with van der Waals surface area (Å²) in [5, 5.41) is 3.03. The number of hydrogen-bond acceptors (Lipinski definition) is 4. The molecule has 0 spiro atoms. The van der Waals surface area contributed by atoms with E-state index < -0.39 is 6.04 Å². The zero-order valence-electron chi connectivity index (χ0n) is 10.5. The van der Waals surface area contributed by atoms with Crippen LogP contribution in [-0.4, -0.2) is 24.1 Å². The highest BCUT2D eigenvalue weighted by atomic mass is 79.9. The molecule has 0 aliphatic rings. The van der Waals surface area contributed by atoms with Crippen molar-refractivity contribution in [2.45, 2.75) is 6.04 Å². The Morgan fingerprint density at radius 2 is 2.05 bits per heavy atom. The lowest BCUT2D eigenvalue weighted by atomic mass is 10.0. The van der Waals surface area contributed by atoms with Crippen LogP contribution in [0.3, 0.4) is 0 Å². The van der Waals surface area contributed by atoms with Crippen LogP contribution in [0.2, 0.25) is 0 Å². The minimum absolute atomic E-state index is 0.318. The number of rotatable bonds is 4. The minimum atomic E-state index is -0.420. The largest absolute Gasteiger partial charge is 0.480 e. The Bertz CT molecular complexity index is 580. The Hall–Kier alpha value is -1.53. The molecular weight excluding hydrogens is 313 g/mol. The first-order chi connectivity index (χ1) is 9.17. The first-order valence-corrected chi connectivity index (χ1v) is 6.43. The van der Waals surface area contributed by atoms with Crippen LogP contribution in [-0.2, 0) is 0 Å². The lowest BCUT2D eigenvalue weighted by Gasteiger charge is -2.18. The molecule has 19 heavy (non-hydrogen) atoms. The number of aromatic nitrogens is 2. The fourth-order valence-corrected chi connectivity index (χ4v) is 2.20. The van der Waals surface area contributed by atoms with E-state index in [4.69, 9.17) is 4.74 Å². The summed E-state index contributed by atoms with van der Waals surface area (Å²) in [4.78, 5) is 8.31. The van der Waals surface area contributed by atoms with Crippen LogP contribution in [0.4, 0.5) is 4.39 Å². The van der Waals surface area contributed by atoms with Gasteiger partial charge in [0.2, 0.25) is 5.88 Å². The highest BCUT2D eigenvalue weighted by Crippen LogP contribution is 2.29. The molecule has 0 radical (unpaired) electrons. The second-order valence-electron chi connectivity index (χ2n) is 3.84. The third-order valence-corrected chi connectivity index (χ3v) is 3.21. The molecule has 0 saturated heterocycles. The van der Waals surface area contributed by atoms with Gasteiger partial charge >= 0.3 is 0 Å². The summed E-state index contributed by atoms with van der Waals surface area (Å²) in [5.41, 5.74) is 1.04. The molecule has 0 bridgehead atoms. The summed E-state index contributed by atoms with van der Waals surface area (Å²) >= 11 is 3.24. The van der Waals surface area contributed by atoms with Crippen LogP contribution in [0, 0.1) is 5.82 Å². The molecule has 2 rings (SSSR count). The number of halogens is 2. The van der Waals surface area contributed by atoms with Crippen molar-refractivity contribution < 1.29 is 9.13 Å². The zero-order valence-corrected chi connectivity index (χ0v) is 12.1. The average Bonchev–Trinajstić information content (AvgIpc) is 2.42. The second kappa shape index (κ2) is 6.08. The quantitative estimate of drug-likeness (QED) is 0.938.